The van der Waals surface area contributed by atoms with Crippen molar-refractivity contribution in [3.8, 4) is 28.7 Å². The van der Waals surface area contributed by atoms with Gasteiger partial charge in [0.05, 0.1) is 41.1 Å². The van der Waals surface area contributed by atoms with Gasteiger partial charge in [-0.15, -0.1) is 0 Å². The number of carbonyl (C=O) groups is 1. The van der Waals surface area contributed by atoms with Gasteiger partial charge in [0, 0.05) is 29.3 Å². The molecule has 2 bridgehead atoms. The van der Waals surface area contributed by atoms with Crippen LogP contribution in [0, 0.1) is 46.5 Å². The molecule has 3 heterocycles. The summed E-state index contributed by atoms with van der Waals surface area (Å²) in [5.41, 5.74) is 0.00897. The van der Waals surface area contributed by atoms with Crippen LogP contribution in [0.2, 0.25) is 0 Å². The number of aromatic nitrogens is 2. The third-order valence-electron chi connectivity index (χ3n) is 8.22. The van der Waals surface area contributed by atoms with Crippen molar-refractivity contribution in [3.63, 3.8) is 0 Å². The maximum Gasteiger partial charge on any atom is 0.311 e. The molecule has 3 aromatic heterocycles. The van der Waals surface area contributed by atoms with Crippen molar-refractivity contribution >= 4 is 22.7 Å². The Balaban J connectivity index is 1.53. The predicted octanol–water partition coefficient (Wildman–Crippen LogP) is 6.95. The van der Waals surface area contributed by atoms with E-state index >= 15 is 4.39 Å². The second kappa shape index (κ2) is 10.4. The Kier molecular flexibility index (Phi) is 6.74. The van der Waals surface area contributed by atoms with Crippen LogP contribution in [-0.4, -0.2) is 28.6 Å². The molecule has 10 heteroatoms. The number of nitriles is 1. The zero-order valence-corrected chi connectivity index (χ0v) is 21.8. The van der Waals surface area contributed by atoms with Crippen molar-refractivity contribution in [2.75, 3.05) is 11.9 Å². The van der Waals surface area contributed by atoms with Gasteiger partial charge in [-0.25, -0.2) is 18.2 Å². The number of ether oxygens (including phenoxy) is 1. The second-order valence-electron chi connectivity index (χ2n) is 10.5. The van der Waals surface area contributed by atoms with Crippen molar-refractivity contribution in [2.45, 2.75) is 45.1 Å². The van der Waals surface area contributed by atoms with Gasteiger partial charge in [-0.3, -0.25) is 4.79 Å². The molecule has 2 N–H and O–H groups in total. The van der Waals surface area contributed by atoms with Gasteiger partial charge in [-0.05, 0) is 56.2 Å². The van der Waals surface area contributed by atoms with E-state index in [1.165, 1.54) is 18.5 Å². The number of H-pyrrole nitrogens is 1. The highest BCUT2D eigenvalue weighted by Gasteiger charge is 2.44. The van der Waals surface area contributed by atoms with Gasteiger partial charge in [0.15, 0.2) is 11.6 Å². The third kappa shape index (κ3) is 4.39. The number of anilines is 1. The van der Waals surface area contributed by atoms with E-state index in [4.69, 9.17) is 9.15 Å². The lowest BCUT2D eigenvalue weighted by atomic mass is 9.65. The van der Waals surface area contributed by atoms with Gasteiger partial charge >= 0.3 is 5.97 Å². The van der Waals surface area contributed by atoms with Crippen LogP contribution in [0.15, 0.2) is 41.1 Å². The summed E-state index contributed by atoms with van der Waals surface area (Å²) in [7, 11) is 0. The first-order valence-corrected chi connectivity index (χ1v) is 13.5. The summed E-state index contributed by atoms with van der Waals surface area (Å²) < 4.78 is 56.0. The summed E-state index contributed by atoms with van der Waals surface area (Å²) in [6.07, 6.45) is 7.25. The van der Waals surface area contributed by atoms with E-state index in [0.717, 1.165) is 37.8 Å². The average Bonchev–Trinajstić information content (AvgIpc) is 3.61. The first-order chi connectivity index (χ1) is 19.4. The van der Waals surface area contributed by atoms with Crippen molar-refractivity contribution in [3.05, 3.63) is 59.7 Å². The lowest BCUT2D eigenvalue weighted by molar-refractivity contribution is -0.151. The van der Waals surface area contributed by atoms with Gasteiger partial charge in [-0.2, -0.15) is 5.26 Å². The minimum atomic E-state index is -0.812. The molecule has 2 aliphatic carbocycles. The maximum absolute atomic E-state index is 16.3. The van der Waals surface area contributed by atoms with Gasteiger partial charge in [-0.1, -0.05) is 12.8 Å². The molecule has 0 amide bonds. The van der Waals surface area contributed by atoms with Crippen LogP contribution in [0.5, 0.6) is 0 Å². The monoisotopic (exact) mass is 548 g/mol. The van der Waals surface area contributed by atoms with Crippen LogP contribution in [0.4, 0.5) is 19.0 Å². The van der Waals surface area contributed by atoms with Crippen LogP contribution < -0.4 is 5.32 Å². The number of aromatic amines is 1. The minimum absolute atomic E-state index is 0.0269. The molecule has 2 aliphatic rings. The largest absolute Gasteiger partial charge is 0.466 e. The molecular formula is C30H27F3N4O3. The van der Waals surface area contributed by atoms with E-state index < -0.39 is 29.4 Å². The SMILES string of the molecule is CCOC(=O)C1CC2CCCC(C2)C1Nc1nc(-c2c[nH]c3c(F)cc(F)cc23)c(C#N)c(-c2ccco2)c1F. The molecule has 0 spiro atoms. The molecule has 2 saturated carbocycles. The van der Waals surface area contributed by atoms with E-state index in [9.17, 15) is 18.8 Å². The number of carbonyl (C=O) groups excluding carboxylic acids is 1. The first kappa shape index (κ1) is 26.0. The number of esters is 1. The first-order valence-electron chi connectivity index (χ1n) is 13.5. The standard InChI is InChI=1S/C30H27F3N4O3/c1-2-39-30(38)19-10-15-5-3-6-16(9-15)26(19)36-29-25(33)24(23-7-4-8-40-23)20(13-34)27(37-29)21-14-35-28-18(21)11-17(31)12-22(28)32/h4,7-8,11-12,14-16,19,26,35H,2-3,5-6,9-10H2,1H3,(H,36,37). The Morgan fingerprint density at radius 3 is 2.88 bits per heavy atom. The fraction of sp³-hybridized carbons (Fsp3) is 0.367. The number of fused-ring (bicyclic) bond motifs is 3. The second-order valence-corrected chi connectivity index (χ2v) is 10.5. The number of nitrogens with zero attached hydrogens (tertiary/aromatic N) is 2. The lowest BCUT2D eigenvalue weighted by Gasteiger charge is -2.44. The summed E-state index contributed by atoms with van der Waals surface area (Å²) in [5, 5.41) is 13.5. The minimum Gasteiger partial charge on any atom is -0.466 e. The fourth-order valence-corrected chi connectivity index (χ4v) is 6.54. The number of hydrogen-bond donors (Lipinski definition) is 2. The summed E-state index contributed by atoms with van der Waals surface area (Å²) in [5.74, 6) is -2.82. The summed E-state index contributed by atoms with van der Waals surface area (Å²) >= 11 is 0. The molecule has 4 atom stereocenters. The molecule has 206 valence electrons. The zero-order valence-electron chi connectivity index (χ0n) is 21.8. The number of pyridine rings is 1. The molecule has 0 saturated heterocycles. The molecule has 1 aromatic carbocycles. The summed E-state index contributed by atoms with van der Waals surface area (Å²) in [6, 6.07) is 6.56. The van der Waals surface area contributed by atoms with Crippen LogP contribution in [0.3, 0.4) is 0 Å². The normalized spacial score (nSPS) is 22.2. The molecule has 4 unspecified atom stereocenters. The van der Waals surface area contributed by atoms with Crippen LogP contribution in [-0.2, 0) is 9.53 Å². The lowest BCUT2D eigenvalue weighted by Crippen LogP contribution is -2.48. The fourth-order valence-electron chi connectivity index (χ4n) is 6.54. The van der Waals surface area contributed by atoms with Crippen LogP contribution >= 0.6 is 0 Å². The number of rotatable bonds is 6. The average molecular weight is 549 g/mol. The van der Waals surface area contributed by atoms with Gasteiger partial charge in [0.1, 0.15) is 23.5 Å². The van der Waals surface area contributed by atoms with Crippen LogP contribution in [0.25, 0.3) is 33.5 Å². The van der Waals surface area contributed by atoms with Crippen molar-refractivity contribution in [1.29, 1.82) is 5.26 Å². The maximum atomic E-state index is 16.3. The number of hydrogen-bond acceptors (Lipinski definition) is 6. The molecule has 7 nitrogen and oxygen atoms in total. The smallest absolute Gasteiger partial charge is 0.311 e. The molecular weight excluding hydrogens is 521 g/mol. The highest BCUT2D eigenvalue weighted by molar-refractivity contribution is 5.98. The van der Waals surface area contributed by atoms with Crippen molar-refractivity contribution in [1.82, 2.24) is 9.97 Å². The Hall–Kier alpha value is -4.26. The van der Waals surface area contributed by atoms with Gasteiger partial charge < -0.3 is 19.5 Å². The van der Waals surface area contributed by atoms with Crippen molar-refractivity contribution in [2.24, 2.45) is 17.8 Å². The molecule has 40 heavy (non-hydrogen) atoms. The van der Waals surface area contributed by atoms with E-state index in [0.29, 0.717) is 12.3 Å². The van der Waals surface area contributed by atoms with Gasteiger partial charge in [0.25, 0.3) is 0 Å². The van der Waals surface area contributed by atoms with Gasteiger partial charge in [0.2, 0.25) is 0 Å². The quantitative estimate of drug-likeness (QED) is 0.253. The van der Waals surface area contributed by atoms with E-state index in [1.807, 2.05) is 6.07 Å². The van der Waals surface area contributed by atoms with Crippen molar-refractivity contribution < 1.29 is 27.1 Å². The topological polar surface area (TPSA) is 104 Å². The van der Waals surface area contributed by atoms with Crippen LogP contribution in [0.1, 0.15) is 44.6 Å². The molecule has 6 rings (SSSR count). The Morgan fingerprint density at radius 1 is 1.27 bits per heavy atom. The summed E-state index contributed by atoms with van der Waals surface area (Å²) in [4.78, 5) is 20.3. The Bertz CT molecular complexity index is 1630. The Morgan fingerprint density at radius 2 is 2.12 bits per heavy atom. The zero-order chi connectivity index (χ0) is 28.0. The molecule has 4 aromatic rings. The summed E-state index contributed by atoms with van der Waals surface area (Å²) in [6.45, 7) is 1.99. The molecule has 0 aliphatic heterocycles. The van der Waals surface area contributed by atoms with E-state index in [1.54, 1.807) is 13.0 Å². The molecule has 0 radical (unpaired) electrons. The highest BCUT2D eigenvalue weighted by Crippen LogP contribution is 2.45. The van der Waals surface area contributed by atoms with E-state index in [-0.39, 0.29) is 63.4 Å². The number of nitrogens with one attached hydrogen (secondary N) is 2. The highest BCUT2D eigenvalue weighted by atomic mass is 19.1. The predicted molar refractivity (Wildman–Crippen MR) is 141 cm³/mol. The Labute approximate surface area is 228 Å². The molecule has 2 fully saturated rings. The third-order valence-corrected chi connectivity index (χ3v) is 8.22. The number of furan rings is 1. The number of halogens is 3. The van der Waals surface area contributed by atoms with E-state index in [2.05, 4.69) is 15.3 Å². The number of benzene rings is 1.